The molecule has 2 fully saturated rings. The molecule has 0 aliphatic carbocycles. The van der Waals surface area contributed by atoms with Gasteiger partial charge in [0.2, 0.25) is 0 Å². The minimum Gasteiger partial charge on any atom is -0.472 e. The van der Waals surface area contributed by atoms with E-state index in [0.29, 0.717) is 11.5 Å². The van der Waals surface area contributed by atoms with Gasteiger partial charge in [0.25, 0.3) is 5.91 Å². The van der Waals surface area contributed by atoms with Gasteiger partial charge in [-0.2, -0.15) is 0 Å². The Kier molecular flexibility index (Phi) is 3.69. The number of nitrogens with zero attached hydrogens (tertiary/aromatic N) is 1. The molecule has 0 bridgehead atoms. The Bertz CT molecular complexity index is 657. The Hall–Kier alpha value is -2.07. The molecule has 1 atom stereocenters. The van der Waals surface area contributed by atoms with Crippen molar-refractivity contribution in [3.8, 4) is 0 Å². The molecule has 2 aliphatic rings. The number of ether oxygens (including phenoxy) is 1. The summed E-state index contributed by atoms with van der Waals surface area (Å²) in [5.41, 5.74) is 1.95. The topological polar surface area (TPSA) is 42.7 Å². The predicted molar refractivity (Wildman–Crippen MR) is 86.3 cm³/mol. The van der Waals surface area contributed by atoms with Crippen molar-refractivity contribution in [1.82, 2.24) is 4.90 Å². The van der Waals surface area contributed by atoms with Crippen LogP contribution < -0.4 is 0 Å². The normalized spacial score (nSPS) is 23.3. The number of hydrogen-bond donors (Lipinski definition) is 0. The molecular weight excluding hydrogens is 290 g/mol. The molecule has 4 rings (SSSR count). The molecule has 1 unspecified atom stereocenters. The molecular formula is C19H21NO3. The largest absolute Gasteiger partial charge is 0.472 e. The molecule has 4 nitrogen and oxygen atoms in total. The SMILES string of the molecule is O=C(c1ccoc1)N1CCC2(CC1)CC(c1ccccc1)CO2. The van der Waals surface area contributed by atoms with Crippen molar-refractivity contribution >= 4 is 5.91 Å². The van der Waals surface area contributed by atoms with Crippen LogP contribution >= 0.6 is 0 Å². The van der Waals surface area contributed by atoms with Crippen molar-refractivity contribution in [3.63, 3.8) is 0 Å². The van der Waals surface area contributed by atoms with Crippen LogP contribution in [0.4, 0.5) is 0 Å². The molecule has 2 aromatic rings. The fourth-order valence-electron chi connectivity index (χ4n) is 3.82. The van der Waals surface area contributed by atoms with Gasteiger partial charge < -0.3 is 14.1 Å². The molecule has 0 N–H and O–H groups in total. The third-order valence-corrected chi connectivity index (χ3v) is 5.21. The number of carbonyl (C=O) groups excluding carboxylic acids is 1. The zero-order valence-electron chi connectivity index (χ0n) is 13.1. The Morgan fingerprint density at radius 3 is 2.61 bits per heavy atom. The van der Waals surface area contributed by atoms with Crippen LogP contribution in [0.3, 0.4) is 0 Å². The number of amides is 1. The van der Waals surface area contributed by atoms with E-state index >= 15 is 0 Å². The molecule has 2 aliphatic heterocycles. The van der Waals surface area contributed by atoms with Gasteiger partial charge in [0.05, 0.1) is 24.0 Å². The average Bonchev–Trinajstić information content (AvgIpc) is 3.26. The number of benzene rings is 1. The summed E-state index contributed by atoms with van der Waals surface area (Å²) < 4.78 is 11.2. The van der Waals surface area contributed by atoms with Crippen molar-refractivity contribution in [2.45, 2.75) is 30.8 Å². The molecule has 1 aromatic heterocycles. The highest BCUT2D eigenvalue weighted by atomic mass is 16.5. The minimum atomic E-state index is -0.0479. The lowest BCUT2D eigenvalue weighted by Gasteiger charge is -2.38. The van der Waals surface area contributed by atoms with E-state index in [-0.39, 0.29) is 11.5 Å². The number of piperidine rings is 1. The summed E-state index contributed by atoms with van der Waals surface area (Å²) in [5, 5.41) is 0. The number of rotatable bonds is 2. The van der Waals surface area contributed by atoms with E-state index in [2.05, 4.69) is 30.3 Å². The highest BCUT2D eigenvalue weighted by molar-refractivity contribution is 5.93. The standard InChI is InChI=1S/C19H21NO3/c21-18(16-6-11-22-13-16)20-9-7-19(8-10-20)12-17(14-23-19)15-4-2-1-3-5-15/h1-6,11,13,17H,7-10,12,14H2. The first-order chi connectivity index (χ1) is 11.3. The zero-order valence-corrected chi connectivity index (χ0v) is 13.1. The summed E-state index contributed by atoms with van der Waals surface area (Å²) in [6.07, 6.45) is 5.96. The smallest absolute Gasteiger partial charge is 0.257 e. The van der Waals surface area contributed by atoms with Gasteiger partial charge in [-0.3, -0.25) is 4.79 Å². The molecule has 1 spiro atoms. The lowest BCUT2D eigenvalue weighted by molar-refractivity contribution is -0.0388. The summed E-state index contributed by atoms with van der Waals surface area (Å²) in [6.45, 7) is 2.30. The molecule has 0 saturated carbocycles. The van der Waals surface area contributed by atoms with E-state index in [9.17, 15) is 4.79 Å². The summed E-state index contributed by atoms with van der Waals surface area (Å²) >= 11 is 0. The number of likely N-dealkylation sites (tertiary alicyclic amines) is 1. The van der Waals surface area contributed by atoms with Crippen LogP contribution in [0.1, 0.15) is 41.1 Å². The van der Waals surface area contributed by atoms with Crippen molar-refractivity contribution in [3.05, 3.63) is 60.1 Å². The molecule has 0 radical (unpaired) electrons. The van der Waals surface area contributed by atoms with Crippen LogP contribution in [0.25, 0.3) is 0 Å². The van der Waals surface area contributed by atoms with Gasteiger partial charge in [-0.15, -0.1) is 0 Å². The molecule has 23 heavy (non-hydrogen) atoms. The zero-order chi connectivity index (χ0) is 15.7. The van der Waals surface area contributed by atoms with Crippen molar-refractivity contribution in [1.29, 1.82) is 0 Å². The van der Waals surface area contributed by atoms with Crippen LogP contribution in [0.15, 0.2) is 53.3 Å². The minimum absolute atomic E-state index is 0.0479. The van der Waals surface area contributed by atoms with Gasteiger partial charge in [0.1, 0.15) is 6.26 Å². The van der Waals surface area contributed by atoms with Gasteiger partial charge >= 0.3 is 0 Å². The number of furan rings is 1. The predicted octanol–water partition coefficient (Wildman–Crippen LogP) is 3.46. The fraction of sp³-hybridized carbons (Fsp3) is 0.421. The van der Waals surface area contributed by atoms with Gasteiger partial charge in [-0.1, -0.05) is 30.3 Å². The third kappa shape index (κ3) is 2.79. The maximum absolute atomic E-state index is 12.4. The van der Waals surface area contributed by atoms with E-state index in [1.54, 1.807) is 12.3 Å². The van der Waals surface area contributed by atoms with Gasteiger partial charge in [-0.25, -0.2) is 0 Å². The Labute approximate surface area is 136 Å². The fourth-order valence-corrected chi connectivity index (χ4v) is 3.82. The van der Waals surface area contributed by atoms with Crippen LogP contribution in [-0.4, -0.2) is 36.1 Å². The summed E-state index contributed by atoms with van der Waals surface area (Å²) in [5.74, 6) is 0.540. The van der Waals surface area contributed by atoms with E-state index in [1.807, 2.05) is 4.90 Å². The van der Waals surface area contributed by atoms with E-state index < -0.39 is 0 Å². The van der Waals surface area contributed by atoms with E-state index in [4.69, 9.17) is 9.15 Å². The summed E-state index contributed by atoms with van der Waals surface area (Å²) in [7, 11) is 0. The molecule has 1 aromatic carbocycles. The van der Waals surface area contributed by atoms with E-state index in [1.165, 1.54) is 11.8 Å². The molecule has 3 heterocycles. The number of carbonyl (C=O) groups is 1. The number of hydrogen-bond acceptors (Lipinski definition) is 3. The lowest BCUT2D eigenvalue weighted by Crippen LogP contribution is -2.46. The van der Waals surface area contributed by atoms with Crippen LogP contribution in [0, 0.1) is 0 Å². The summed E-state index contributed by atoms with van der Waals surface area (Å²) in [6, 6.07) is 12.3. The summed E-state index contributed by atoms with van der Waals surface area (Å²) in [4.78, 5) is 14.3. The van der Waals surface area contributed by atoms with Crippen molar-refractivity contribution in [2.75, 3.05) is 19.7 Å². The van der Waals surface area contributed by atoms with Gasteiger partial charge in [0, 0.05) is 19.0 Å². The average molecular weight is 311 g/mol. The Morgan fingerprint density at radius 1 is 1.13 bits per heavy atom. The maximum atomic E-state index is 12.4. The van der Waals surface area contributed by atoms with Crippen LogP contribution in [-0.2, 0) is 4.74 Å². The first-order valence-electron chi connectivity index (χ1n) is 8.26. The first kappa shape index (κ1) is 14.5. The Balaban J connectivity index is 1.39. The maximum Gasteiger partial charge on any atom is 0.257 e. The highest BCUT2D eigenvalue weighted by Gasteiger charge is 2.43. The molecule has 1 amide bonds. The second-order valence-electron chi connectivity index (χ2n) is 6.61. The third-order valence-electron chi connectivity index (χ3n) is 5.21. The highest BCUT2D eigenvalue weighted by Crippen LogP contribution is 2.42. The van der Waals surface area contributed by atoms with Crippen molar-refractivity contribution in [2.24, 2.45) is 0 Å². The molecule has 120 valence electrons. The Morgan fingerprint density at radius 2 is 1.91 bits per heavy atom. The second-order valence-corrected chi connectivity index (χ2v) is 6.61. The monoisotopic (exact) mass is 311 g/mol. The lowest BCUT2D eigenvalue weighted by atomic mass is 9.83. The molecule has 2 saturated heterocycles. The van der Waals surface area contributed by atoms with Crippen LogP contribution in [0.5, 0.6) is 0 Å². The van der Waals surface area contributed by atoms with Crippen molar-refractivity contribution < 1.29 is 13.9 Å². The first-order valence-corrected chi connectivity index (χ1v) is 8.26. The van der Waals surface area contributed by atoms with Crippen LogP contribution in [0.2, 0.25) is 0 Å². The van der Waals surface area contributed by atoms with Gasteiger partial charge in [-0.05, 0) is 30.9 Å². The quantitative estimate of drug-likeness (QED) is 0.853. The van der Waals surface area contributed by atoms with E-state index in [0.717, 1.165) is 39.0 Å². The second kappa shape index (κ2) is 5.85. The van der Waals surface area contributed by atoms with Gasteiger partial charge in [0.15, 0.2) is 0 Å². The molecule has 4 heteroatoms.